The summed E-state index contributed by atoms with van der Waals surface area (Å²) in [5.74, 6) is -0.576. The third kappa shape index (κ3) is 6.05. The molecule has 1 aliphatic carbocycles. The minimum Gasteiger partial charge on any atom is -0.382 e. The minimum absolute atomic E-state index is 0.149. The highest BCUT2D eigenvalue weighted by molar-refractivity contribution is 6.35. The third-order valence-electron chi connectivity index (χ3n) is 3.59. The maximum absolute atomic E-state index is 11.7. The monoisotopic (exact) mass is 270 g/mol. The summed E-state index contributed by atoms with van der Waals surface area (Å²) in [6.45, 7) is 5.82. The highest BCUT2D eigenvalue weighted by Crippen LogP contribution is 2.23. The van der Waals surface area contributed by atoms with E-state index in [0.29, 0.717) is 25.7 Å². The van der Waals surface area contributed by atoms with Crippen LogP contribution in [0, 0.1) is 5.92 Å². The third-order valence-corrected chi connectivity index (χ3v) is 3.59. The molecule has 0 saturated heterocycles. The molecule has 1 saturated carbocycles. The molecule has 0 radical (unpaired) electrons. The van der Waals surface area contributed by atoms with Crippen LogP contribution < -0.4 is 10.6 Å². The normalized spacial score (nSPS) is 22.8. The Morgan fingerprint density at radius 3 is 2.63 bits per heavy atom. The highest BCUT2D eigenvalue weighted by Gasteiger charge is 2.25. The maximum Gasteiger partial charge on any atom is 0.309 e. The molecule has 1 aliphatic rings. The Morgan fingerprint density at radius 2 is 1.95 bits per heavy atom. The number of hydrogen-bond donors (Lipinski definition) is 2. The first kappa shape index (κ1) is 16.0. The quantitative estimate of drug-likeness (QED) is 0.563. The first-order valence-corrected chi connectivity index (χ1v) is 7.31. The molecule has 5 heteroatoms. The van der Waals surface area contributed by atoms with Crippen LogP contribution in [0.2, 0.25) is 0 Å². The lowest BCUT2D eigenvalue weighted by molar-refractivity contribution is -0.140. The molecule has 2 atom stereocenters. The Bertz CT molecular complexity index is 294. The van der Waals surface area contributed by atoms with Crippen molar-refractivity contribution in [3.8, 4) is 0 Å². The summed E-state index contributed by atoms with van der Waals surface area (Å²) < 4.78 is 5.16. The Balaban J connectivity index is 2.19. The molecule has 0 heterocycles. The van der Waals surface area contributed by atoms with Gasteiger partial charge in [0.15, 0.2) is 0 Å². The molecule has 0 aromatic heterocycles. The predicted octanol–water partition coefficient (Wildman–Crippen LogP) is 1.22. The zero-order valence-corrected chi connectivity index (χ0v) is 12.0. The molecular formula is C14H26N2O3. The number of hydrogen-bond acceptors (Lipinski definition) is 3. The van der Waals surface area contributed by atoms with Gasteiger partial charge in [-0.3, -0.25) is 9.59 Å². The topological polar surface area (TPSA) is 67.4 Å². The second kappa shape index (κ2) is 8.91. The number of rotatable bonds is 6. The average Bonchev–Trinajstić information content (AvgIpc) is 2.41. The van der Waals surface area contributed by atoms with Crippen LogP contribution in [-0.2, 0) is 14.3 Å². The molecule has 0 aromatic carbocycles. The van der Waals surface area contributed by atoms with Crippen LogP contribution >= 0.6 is 0 Å². The Hall–Kier alpha value is -1.10. The molecule has 1 fully saturated rings. The van der Waals surface area contributed by atoms with Gasteiger partial charge < -0.3 is 15.4 Å². The standard InChI is InChI=1S/C14H26N2O3/c1-3-19-10-6-9-15-13(17)14(18)16-12-8-5-4-7-11(12)2/h11-12H,3-10H2,1-2H3,(H,15,17)(H,16,18)/t11-,12+/m0/s1. The van der Waals surface area contributed by atoms with Crippen LogP contribution in [0.4, 0.5) is 0 Å². The van der Waals surface area contributed by atoms with Crippen molar-refractivity contribution in [1.29, 1.82) is 0 Å². The Kier molecular flexibility index (Phi) is 7.48. The SMILES string of the molecule is CCOCCCNC(=O)C(=O)N[C@@H]1CCCC[C@@H]1C. The van der Waals surface area contributed by atoms with Crippen molar-refractivity contribution in [3.63, 3.8) is 0 Å². The van der Waals surface area contributed by atoms with Gasteiger partial charge in [-0.2, -0.15) is 0 Å². The van der Waals surface area contributed by atoms with Crippen LogP contribution in [0.15, 0.2) is 0 Å². The smallest absolute Gasteiger partial charge is 0.309 e. The second-order valence-electron chi connectivity index (χ2n) is 5.15. The molecular weight excluding hydrogens is 244 g/mol. The highest BCUT2D eigenvalue weighted by atomic mass is 16.5. The van der Waals surface area contributed by atoms with Gasteiger partial charge in [0.25, 0.3) is 0 Å². The van der Waals surface area contributed by atoms with Crippen molar-refractivity contribution >= 4 is 11.8 Å². The van der Waals surface area contributed by atoms with Gasteiger partial charge >= 0.3 is 11.8 Å². The van der Waals surface area contributed by atoms with E-state index in [1.807, 2.05) is 6.92 Å². The molecule has 2 N–H and O–H groups in total. The molecule has 0 unspecified atom stereocenters. The van der Waals surface area contributed by atoms with E-state index in [4.69, 9.17) is 4.74 Å². The molecule has 0 bridgehead atoms. The van der Waals surface area contributed by atoms with Gasteiger partial charge in [0.05, 0.1) is 0 Å². The molecule has 1 rings (SSSR count). The molecule has 0 aliphatic heterocycles. The van der Waals surface area contributed by atoms with Gasteiger partial charge in [-0.25, -0.2) is 0 Å². The van der Waals surface area contributed by atoms with Gasteiger partial charge in [-0.05, 0) is 32.1 Å². The number of amides is 2. The lowest BCUT2D eigenvalue weighted by atomic mass is 9.86. The van der Waals surface area contributed by atoms with Crippen LogP contribution in [0.5, 0.6) is 0 Å². The van der Waals surface area contributed by atoms with Crippen molar-refractivity contribution in [1.82, 2.24) is 10.6 Å². The van der Waals surface area contributed by atoms with E-state index in [2.05, 4.69) is 17.6 Å². The Morgan fingerprint density at radius 1 is 1.21 bits per heavy atom. The van der Waals surface area contributed by atoms with Crippen LogP contribution in [-0.4, -0.2) is 37.6 Å². The minimum atomic E-state index is -0.533. The van der Waals surface area contributed by atoms with E-state index in [1.54, 1.807) is 0 Å². The van der Waals surface area contributed by atoms with Gasteiger partial charge in [0.2, 0.25) is 0 Å². The first-order valence-electron chi connectivity index (χ1n) is 7.31. The van der Waals surface area contributed by atoms with Crippen molar-refractivity contribution < 1.29 is 14.3 Å². The lowest BCUT2D eigenvalue weighted by Crippen LogP contribution is -2.47. The van der Waals surface area contributed by atoms with Crippen molar-refractivity contribution in [2.75, 3.05) is 19.8 Å². The number of ether oxygens (including phenoxy) is 1. The van der Waals surface area contributed by atoms with Crippen LogP contribution in [0.25, 0.3) is 0 Å². The second-order valence-corrected chi connectivity index (χ2v) is 5.15. The van der Waals surface area contributed by atoms with E-state index >= 15 is 0 Å². The van der Waals surface area contributed by atoms with Crippen molar-refractivity contribution in [2.45, 2.75) is 52.0 Å². The van der Waals surface area contributed by atoms with Gasteiger partial charge in [-0.1, -0.05) is 19.8 Å². The van der Waals surface area contributed by atoms with Crippen LogP contribution in [0.1, 0.15) is 46.0 Å². The molecule has 2 amide bonds. The lowest BCUT2D eigenvalue weighted by Gasteiger charge is -2.29. The van der Waals surface area contributed by atoms with E-state index in [1.165, 1.54) is 6.42 Å². The van der Waals surface area contributed by atoms with Gasteiger partial charge in [0.1, 0.15) is 0 Å². The first-order chi connectivity index (χ1) is 9.15. The summed E-state index contributed by atoms with van der Waals surface area (Å²) in [6, 6.07) is 0.149. The summed E-state index contributed by atoms with van der Waals surface area (Å²) in [4.78, 5) is 23.3. The molecule has 19 heavy (non-hydrogen) atoms. The van der Waals surface area contributed by atoms with E-state index in [0.717, 1.165) is 25.7 Å². The van der Waals surface area contributed by atoms with Crippen molar-refractivity contribution in [3.05, 3.63) is 0 Å². The largest absolute Gasteiger partial charge is 0.382 e. The summed E-state index contributed by atoms with van der Waals surface area (Å²) in [5.41, 5.74) is 0. The molecule has 5 nitrogen and oxygen atoms in total. The van der Waals surface area contributed by atoms with E-state index in [-0.39, 0.29) is 6.04 Å². The maximum atomic E-state index is 11.7. The van der Waals surface area contributed by atoms with Gasteiger partial charge in [0, 0.05) is 25.8 Å². The fourth-order valence-electron chi connectivity index (χ4n) is 2.37. The zero-order chi connectivity index (χ0) is 14.1. The summed E-state index contributed by atoms with van der Waals surface area (Å²) in [7, 11) is 0. The van der Waals surface area contributed by atoms with E-state index in [9.17, 15) is 9.59 Å². The zero-order valence-electron chi connectivity index (χ0n) is 12.0. The summed E-state index contributed by atoms with van der Waals surface area (Å²) >= 11 is 0. The molecule has 0 aromatic rings. The number of nitrogens with one attached hydrogen (secondary N) is 2. The fraction of sp³-hybridized carbons (Fsp3) is 0.857. The van der Waals surface area contributed by atoms with Crippen molar-refractivity contribution in [2.24, 2.45) is 5.92 Å². The summed E-state index contributed by atoms with van der Waals surface area (Å²) in [6.07, 6.45) is 5.18. The molecule has 0 spiro atoms. The van der Waals surface area contributed by atoms with Gasteiger partial charge in [-0.15, -0.1) is 0 Å². The predicted molar refractivity (Wildman–Crippen MR) is 73.7 cm³/mol. The average molecular weight is 270 g/mol. The number of carbonyl (C=O) groups is 2. The fourth-order valence-corrected chi connectivity index (χ4v) is 2.37. The number of carbonyl (C=O) groups excluding carboxylic acids is 2. The molecule has 110 valence electrons. The van der Waals surface area contributed by atoms with E-state index < -0.39 is 11.8 Å². The van der Waals surface area contributed by atoms with Crippen LogP contribution in [0.3, 0.4) is 0 Å². The summed E-state index contributed by atoms with van der Waals surface area (Å²) in [5, 5.41) is 5.45. The Labute approximate surface area is 115 Å².